The first-order valence-electron chi connectivity index (χ1n) is 9.05. The summed E-state index contributed by atoms with van der Waals surface area (Å²) < 4.78 is 7.98. The molecule has 4 rings (SSSR count). The molecule has 0 saturated carbocycles. The highest BCUT2D eigenvalue weighted by Crippen LogP contribution is 2.34. The van der Waals surface area contributed by atoms with E-state index in [0.29, 0.717) is 0 Å². The third kappa shape index (κ3) is 3.04. The average Bonchev–Trinajstić information content (AvgIpc) is 2.63. The number of rotatable bonds is 3. The monoisotopic (exact) mass is 340 g/mol. The Labute approximate surface area is 147 Å². The lowest BCUT2D eigenvalue weighted by molar-refractivity contribution is 0.0247. The normalized spacial score (nSPS) is 19.2. The number of anilines is 1. The Bertz CT molecular complexity index is 851. The molecule has 1 saturated heterocycles. The van der Waals surface area contributed by atoms with Crippen LogP contribution >= 0.6 is 0 Å². The molecular formula is C20H24N2O3. The fraction of sp³-hybridized carbons (Fsp3) is 0.450. The van der Waals surface area contributed by atoms with Crippen LogP contribution < -0.4 is 10.7 Å². The van der Waals surface area contributed by atoms with E-state index in [0.717, 1.165) is 67.2 Å². The molecule has 2 N–H and O–H groups in total. The number of benzene rings is 1. The van der Waals surface area contributed by atoms with E-state index in [1.165, 1.54) is 6.42 Å². The zero-order chi connectivity index (χ0) is 17.4. The minimum atomic E-state index is 0.0410. The predicted octanol–water partition coefficient (Wildman–Crippen LogP) is 3.07. The molecule has 1 aromatic heterocycles. The highest BCUT2D eigenvalue weighted by Gasteiger charge is 2.22. The van der Waals surface area contributed by atoms with E-state index in [1.807, 2.05) is 13.0 Å². The Morgan fingerprint density at radius 2 is 2.20 bits per heavy atom. The first kappa shape index (κ1) is 16.2. The van der Waals surface area contributed by atoms with Crippen molar-refractivity contribution in [1.82, 2.24) is 4.57 Å². The summed E-state index contributed by atoms with van der Waals surface area (Å²) in [5, 5.41) is 13.2. The minimum absolute atomic E-state index is 0.0410. The topological polar surface area (TPSA) is 63.5 Å². The van der Waals surface area contributed by atoms with Crippen molar-refractivity contribution in [2.45, 2.75) is 45.3 Å². The van der Waals surface area contributed by atoms with Gasteiger partial charge in [0, 0.05) is 36.9 Å². The first-order chi connectivity index (χ1) is 12.1. The fourth-order valence-electron chi connectivity index (χ4n) is 3.91. The molecule has 1 aromatic carbocycles. The summed E-state index contributed by atoms with van der Waals surface area (Å²) in [4.78, 5) is 12.5. The lowest BCUT2D eigenvalue weighted by Gasteiger charge is -2.29. The Morgan fingerprint density at radius 3 is 3.00 bits per heavy atom. The lowest BCUT2D eigenvalue weighted by Crippen LogP contribution is -2.30. The maximum Gasteiger partial charge on any atom is 0.187 e. The van der Waals surface area contributed by atoms with Crippen LogP contribution in [-0.2, 0) is 17.7 Å². The Hall–Kier alpha value is -2.27. The molecule has 1 fully saturated rings. The van der Waals surface area contributed by atoms with E-state index >= 15 is 0 Å². The van der Waals surface area contributed by atoms with E-state index in [4.69, 9.17) is 4.74 Å². The third-order valence-corrected chi connectivity index (χ3v) is 5.29. The van der Waals surface area contributed by atoms with E-state index in [1.54, 1.807) is 18.2 Å². The summed E-state index contributed by atoms with van der Waals surface area (Å²) in [6.45, 7) is 4.23. The predicted molar refractivity (Wildman–Crippen MR) is 98.3 cm³/mol. The molecule has 5 nitrogen and oxygen atoms in total. The second kappa shape index (κ2) is 6.56. The van der Waals surface area contributed by atoms with Gasteiger partial charge in [0.25, 0.3) is 0 Å². The van der Waals surface area contributed by atoms with Crippen molar-refractivity contribution < 1.29 is 9.84 Å². The number of nitrogens with zero attached hydrogens (tertiary/aromatic N) is 1. The molecule has 0 spiro atoms. The minimum Gasteiger partial charge on any atom is -0.508 e. The Kier molecular flexibility index (Phi) is 4.25. The zero-order valence-electron chi connectivity index (χ0n) is 14.5. The molecule has 1 unspecified atom stereocenters. The van der Waals surface area contributed by atoms with Crippen molar-refractivity contribution >= 4 is 5.82 Å². The van der Waals surface area contributed by atoms with Gasteiger partial charge in [0.15, 0.2) is 5.43 Å². The van der Waals surface area contributed by atoms with Crippen LogP contribution in [0.3, 0.4) is 0 Å². The number of aryl methyl sites for hydroxylation is 1. The number of hydrogen-bond acceptors (Lipinski definition) is 4. The van der Waals surface area contributed by atoms with Crippen molar-refractivity contribution in [3.63, 3.8) is 0 Å². The van der Waals surface area contributed by atoms with Crippen LogP contribution in [0.1, 0.15) is 30.4 Å². The molecule has 0 aliphatic carbocycles. The number of nitrogens with one attached hydrogen (secondary N) is 1. The molecule has 0 amide bonds. The van der Waals surface area contributed by atoms with Crippen molar-refractivity contribution in [2.24, 2.45) is 0 Å². The number of ether oxygens (including phenoxy) is 1. The summed E-state index contributed by atoms with van der Waals surface area (Å²) in [7, 11) is 0. The van der Waals surface area contributed by atoms with Crippen molar-refractivity contribution in [3.05, 3.63) is 45.6 Å². The number of hydrogen-bond donors (Lipinski definition) is 2. The SMILES string of the molecule is Cc1c2n(c(NCC3CCCCO3)cc1=O)CCc1cc(O)ccc1-2. The quantitative estimate of drug-likeness (QED) is 0.901. The highest BCUT2D eigenvalue weighted by atomic mass is 16.5. The Morgan fingerprint density at radius 1 is 1.32 bits per heavy atom. The zero-order valence-corrected chi connectivity index (χ0v) is 14.5. The molecule has 0 bridgehead atoms. The maximum atomic E-state index is 12.5. The van der Waals surface area contributed by atoms with E-state index in [-0.39, 0.29) is 17.3 Å². The van der Waals surface area contributed by atoms with Crippen LogP contribution in [0, 0.1) is 6.92 Å². The summed E-state index contributed by atoms with van der Waals surface area (Å²) in [5.41, 5.74) is 3.89. The number of phenolic OH excluding ortho intramolecular Hbond substituents is 1. The second-order valence-electron chi connectivity index (χ2n) is 6.98. The standard InChI is InChI=1S/C20H24N2O3/c1-13-18(24)11-19(21-12-16-4-2-3-9-25-16)22-8-7-14-10-15(23)5-6-17(14)20(13)22/h5-6,10-11,16,21,23H,2-4,7-9,12H2,1H3. The van der Waals surface area contributed by atoms with Gasteiger partial charge in [-0.2, -0.15) is 0 Å². The molecule has 3 heterocycles. The van der Waals surface area contributed by atoms with Gasteiger partial charge in [-0.3, -0.25) is 4.79 Å². The number of aromatic hydroxyl groups is 1. The van der Waals surface area contributed by atoms with E-state index < -0.39 is 0 Å². The average molecular weight is 340 g/mol. The lowest BCUT2D eigenvalue weighted by atomic mass is 9.94. The number of aromatic nitrogens is 1. The highest BCUT2D eigenvalue weighted by molar-refractivity contribution is 5.72. The summed E-state index contributed by atoms with van der Waals surface area (Å²) in [6.07, 6.45) is 4.47. The fourth-order valence-corrected chi connectivity index (χ4v) is 3.91. The molecule has 2 aromatic rings. The maximum absolute atomic E-state index is 12.5. The van der Waals surface area contributed by atoms with Gasteiger partial charge in [-0.05, 0) is 56.4 Å². The molecule has 2 aliphatic rings. The molecular weight excluding hydrogens is 316 g/mol. The summed E-state index contributed by atoms with van der Waals surface area (Å²) >= 11 is 0. The molecule has 2 aliphatic heterocycles. The van der Waals surface area contributed by atoms with Crippen molar-refractivity contribution in [1.29, 1.82) is 0 Å². The van der Waals surface area contributed by atoms with Gasteiger partial charge in [0.05, 0.1) is 11.8 Å². The van der Waals surface area contributed by atoms with Gasteiger partial charge >= 0.3 is 0 Å². The number of phenols is 1. The molecule has 25 heavy (non-hydrogen) atoms. The van der Waals surface area contributed by atoms with Gasteiger partial charge in [0.2, 0.25) is 0 Å². The van der Waals surface area contributed by atoms with Crippen molar-refractivity contribution in [3.8, 4) is 17.0 Å². The number of pyridine rings is 1. The summed E-state index contributed by atoms with van der Waals surface area (Å²) in [6, 6.07) is 7.11. The van der Waals surface area contributed by atoms with Crippen LogP contribution in [0.2, 0.25) is 0 Å². The smallest absolute Gasteiger partial charge is 0.187 e. The molecule has 0 radical (unpaired) electrons. The van der Waals surface area contributed by atoms with Crippen LogP contribution in [0.25, 0.3) is 11.3 Å². The Balaban J connectivity index is 1.70. The van der Waals surface area contributed by atoms with Crippen LogP contribution in [0.15, 0.2) is 29.1 Å². The van der Waals surface area contributed by atoms with E-state index in [2.05, 4.69) is 9.88 Å². The second-order valence-corrected chi connectivity index (χ2v) is 6.98. The van der Waals surface area contributed by atoms with Crippen LogP contribution in [-0.4, -0.2) is 28.9 Å². The molecule has 1 atom stereocenters. The van der Waals surface area contributed by atoms with Crippen LogP contribution in [0.4, 0.5) is 5.82 Å². The largest absolute Gasteiger partial charge is 0.508 e. The van der Waals surface area contributed by atoms with Gasteiger partial charge < -0.3 is 19.7 Å². The van der Waals surface area contributed by atoms with E-state index in [9.17, 15) is 9.90 Å². The van der Waals surface area contributed by atoms with Gasteiger partial charge in [-0.25, -0.2) is 0 Å². The van der Waals surface area contributed by atoms with Crippen LogP contribution in [0.5, 0.6) is 5.75 Å². The third-order valence-electron chi connectivity index (χ3n) is 5.29. The summed E-state index contributed by atoms with van der Waals surface area (Å²) in [5.74, 6) is 1.13. The van der Waals surface area contributed by atoms with Gasteiger partial charge in [-0.15, -0.1) is 0 Å². The molecule has 132 valence electrons. The van der Waals surface area contributed by atoms with Gasteiger partial charge in [-0.1, -0.05) is 0 Å². The van der Waals surface area contributed by atoms with Crippen molar-refractivity contribution in [2.75, 3.05) is 18.5 Å². The molecule has 5 heteroatoms. The number of fused-ring (bicyclic) bond motifs is 3. The van der Waals surface area contributed by atoms with Gasteiger partial charge in [0.1, 0.15) is 11.6 Å². The first-order valence-corrected chi connectivity index (χ1v) is 9.05.